The van der Waals surface area contributed by atoms with E-state index in [1.54, 1.807) is 19.2 Å². The van der Waals surface area contributed by atoms with Gasteiger partial charge < -0.3 is 29.5 Å². The molecule has 1 fully saturated rings. The lowest BCUT2D eigenvalue weighted by atomic mass is 9.99. The topological polar surface area (TPSA) is 88.4 Å². The number of halogens is 1. The summed E-state index contributed by atoms with van der Waals surface area (Å²) in [7, 11) is 1.62. The van der Waals surface area contributed by atoms with Crippen LogP contribution in [0.1, 0.15) is 11.1 Å². The Hall–Kier alpha value is -2.19. The van der Waals surface area contributed by atoms with Gasteiger partial charge in [0.15, 0.2) is 0 Å². The van der Waals surface area contributed by atoms with E-state index in [-0.39, 0.29) is 0 Å². The Kier molecular flexibility index (Phi) is 6.28. The molecule has 2 aromatic carbocycles. The van der Waals surface area contributed by atoms with Crippen LogP contribution in [0, 0.1) is 0 Å². The minimum atomic E-state index is -1.54. The molecule has 0 unspecified atom stereocenters. The highest BCUT2D eigenvalue weighted by Crippen LogP contribution is 2.25. The van der Waals surface area contributed by atoms with Crippen LogP contribution in [0.3, 0.4) is 0 Å². The van der Waals surface area contributed by atoms with Crippen LogP contribution in [0.2, 0.25) is 0 Å². The molecule has 1 saturated heterocycles. The van der Waals surface area contributed by atoms with Crippen molar-refractivity contribution < 1.29 is 33.9 Å². The first-order valence-corrected chi connectivity index (χ1v) is 8.66. The van der Waals surface area contributed by atoms with Crippen LogP contribution in [0.5, 0.6) is 11.5 Å². The molecule has 0 saturated carbocycles. The number of methoxy groups -OCH3 is 1. The summed E-state index contributed by atoms with van der Waals surface area (Å²) in [4.78, 5) is 0. The largest absolute Gasteiger partial charge is 0.497 e. The van der Waals surface area contributed by atoms with E-state index < -0.39 is 37.4 Å². The van der Waals surface area contributed by atoms with E-state index in [0.717, 1.165) is 23.3 Å². The van der Waals surface area contributed by atoms with Crippen molar-refractivity contribution in [1.82, 2.24) is 0 Å². The van der Waals surface area contributed by atoms with Gasteiger partial charge in [0.1, 0.15) is 42.6 Å². The van der Waals surface area contributed by atoms with Gasteiger partial charge in [0.25, 0.3) is 0 Å². The maximum atomic E-state index is 12.9. The van der Waals surface area contributed by atoms with E-state index in [1.807, 2.05) is 36.4 Å². The zero-order valence-electron chi connectivity index (χ0n) is 14.9. The van der Waals surface area contributed by atoms with Gasteiger partial charge in [-0.3, -0.25) is 0 Å². The molecule has 146 valence electrons. The van der Waals surface area contributed by atoms with Gasteiger partial charge in [-0.25, -0.2) is 4.39 Å². The van der Waals surface area contributed by atoms with Gasteiger partial charge in [-0.1, -0.05) is 24.3 Å². The third-order valence-electron chi connectivity index (χ3n) is 4.56. The number of aliphatic hydroxyl groups excluding tert-OH is 3. The number of alkyl halides is 1. The van der Waals surface area contributed by atoms with Crippen LogP contribution in [-0.4, -0.2) is 59.8 Å². The van der Waals surface area contributed by atoms with Crippen molar-refractivity contribution in [3.8, 4) is 11.5 Å². The van der Waals surface area contributed by atoms with Gasteiger partial charge in [-0.2, -0.15) is 0 Å². The monoisotopic (exact) mass is 378 g/mol. The van der Waals surface area contributed by atoms with Gasteiger partial charge in [0.2, 0.25) is 6.29 Å². The highest BCUT2D eigenvalue weighted by molar-refractivity contribution is 5.34. The summed E-state index contributed by atoms with van der Waals surface area (Å²) in [6.45, 7) is -0.994. The highest BCUT2D eigenvalue weighted by Gasteiger charge is 2.44. The van der Waals surface area contributed by atoms with Crippen molar-refractivity contribution in [3.63, 3.8) is 0 Å². The van der Waals surface area contributed by atoms with Gasteiger partial charge in [-0.15, -0.1) is 0 Å². The molecule has 1 aliphatic heterocycles. The first-order valence-electron chi connectivity index (χ1n) is 8.66. The number of rotatable bonds is 6. The molecule has 1 heterocycles. The number of hydrogen-bond donors (Lipinski definition) is 3. The molecular weight excluding hydrogens is 355 g/mol. The average Bonchev–Trinajstić information content (AvgIpc) is 2.70. The van der Waals surface area contributed by atoms with Crippen LogP contribution in [0.4, 0.5) is 4.39 Å². The SMILES string of the molecule is COc1ccc(Cc2ccc(O[C@@H]3O[C@H](CF)[C@@H](O)[C@H](O)[C@H]3O)cc2)cc1. The van der Waals surface area contributed by atoms with E-state index in [1.165, 1.54) is 0 Å². The predicted molar refractivity (Wildman–Crippen MR) is 95.5 cm³/mol. The Bertz CT molecular complexity index is 718. The Morgan fingerprint density at radius 3 is 1.93 bits per heavy atom. The van der Waals surface area contributed by atoms with Gasteiger partial charge in [0, 0.05) is 0 Å². The zero-order chi connectivity index (χ0) is 19.4. The number of ether oxygens (including phenoxy) is 3. The maximum absolute atomic E-state index is 12.9. The van der Waals surface area contributed by atoms with Crippen molar-refractivity contribution >= 4 is 0 Å². The molecule has 0 aliphatic carbocycles. The predicted octanol–water partition coefficient (Wildman–Crippen LogP) is 1.44. The van der Waals surface area contributed by atoms with Crippen molar-refractivity contribution in [2.75, 3.05) is 13.8 Å². The molecular formula is C20H23FO6. The summed E-state index contributed by atoms with van der Waals surface area (Å²) in [6, 6.07) is 14.9. The summed E-state index contributed by atoms with van der Waals surface area (Å²) < 4.78 is 28.8. The minimum Gasteiger partial charge on any atom is -0.497 e. The molecule has 2 aromatic rings. The van der Waals surface area contributed by atoms with E-state index >= 15 is 0 Å². The van der Waals surface area contributed by atoms with E-state index in [0.29, 0.717) is 5.75 Å². The van der Waals surface area contributed by atoms with Gasteiger partial charge in [0.05, 0.1) is 7.11 Å². The number of hydrogen-bond acceptors (Lipinski definition) is 6. The second-order valence-corrected chi connectivity index (χ2v) is 6.46. The third kappa shape index (κ3) is 4.56. The normalized spacial score (nSPS) is 28.0. The molecule has 3 N–H and O–H groups in total. The molecule has 0 spiro atoms. The fourth-order valence-electron chi connectivity index (χ4n) is 2.94. The lowest BCUT2D eigenvalue weighted by Gasteiger charge is -2.39. The van der Waals surface area contributed by atoms with Crippen LogP contribution in [0.25, 0.3) is 0 Å². The summed E-state index contributed by atoms with van der Waals surface area (Å²) >= 11 is 0. The Labute approximate surface area is 156 Å². The second kappa shape index (κ2) is 8.67. The summed E-state index contributed by atoms with van der Waals surface area (Å²) in [5.74, 6) is 1.20. The first kappa shape index (κ1) is 19.6. The van der Waals surface area contributed by atoms with Crippen LogP contribution < -0.4 is 9.47 Å². The Balaban J connectivity index is 1.63. The molecule has 6 nitrogen and oxygen atoms in total. The summed E-state index contributed by atoms with van der Waals surface area (Å²) in [5.41, 5.74) is 2.17. The second-order valence-electron chi connectivity index (χ2n) is 6.46. The fourth-order valence-corrected chi connectivity index (χ4v) is 2.94. The molecule has 27 heavy (non-hydrogen) atoms. The standard InChI is InChI=1S/C20H23FO6/c1-25-14-6-2-12(3-7-14)10-13-4-8-15(9-5-13)26-20-19(24)18(23)17(22)16(11-21)27-20/h2-9,16-20,22-24H,10-11H2,1H3/t16-,17-,18+,19-,20-/m1/s1. The molecule has 0 bridgehead atoms. The van der Waals surface area contributed by atoms with E-state index in [4.69, 9.17) is 14.2 Å². The average molecular weight is 378 g/mol. The number of benzene rings is 2. The quantitative estimate of drug-likeness (QED) is 0.705. The van der Waals surface area contributed by atoms with Crippen LogP contribution >= 0.6 is 0 Å². The molecule has 0 radical (unpaired) electrons. The van der Waals surface area contributed by atoms with Gasteiger partial charge >= 0.3 is 0 Å². The number of aliphatic hydroxyl groups is 3. The lowest BCUT2D eigenvalue weighted by Crippen LogP contribution is -2.59. The zero-order valence-corrected chi connectivity index (χ0v) is 14.9. The van der Waals surface area contributed by atoms with E-state index in [2.05, 4.69) is 0 Å². The molecule has 0 aromatic heterocycles. The van der Waals surface area contributed by atoms with E-state index in [9.17, 15) is 19.7 Å². The Morgan fingerprint density at radius 1 is 0.852 bits per heavy atom. The smallest absolute Gasteiger partial charge is 0.229 e. The molecule has 3 rings (SSSR count). The van der Waals surface area contributed by atoms with Crippen molar-refractivity contribution in [2.24, 2.45) is 0 Å². The maximum Gasteiger partial charge on any atom is 0.229 e. The summed E-state index contributed by atoms with van der Waals surface area (Å²) in [5, 5.41) is 29.5. The van der Waals surface area contributed by atoms with Crippen molar-refractivity contribution in [3.05, 3.63) is 59.7 Å². The molecule has 0 amide bonds. The van der Waals surface area contributed by atoms with Crippen LogP contribution in [0.15, 0.2) is 48.5 Å². The lowest BCUT2D eigenvalue weighted by molar-refractivity contribution is -0.274. The van der Waals surface area contributed by atoms with Crippen molar-refractivity contribution in [1.29, 1.82) is 0 Å². The third-order valence-corrected chi connectivity index (χ3v) is 4.56. The highest BCUT2D eigenvalue weighted by atomic mass is 19.1. The fraction of sp³-hybridized carbons (Fsp3) is 0.400. The molecule has 1 aliphatic rings. The van der Waals surface area contributed by atoms with Crippen molar-refractivity contribution in [2.45, 2.75) is 37.1 Å². The molecule has 5 atom stereocenters. The van der Waals surface area contributed by atoms with Gasteiger partial charge in [-0.05, 0) is 41.8 Å². The first-order chi connectivity index (χ1) is 13.0. The molecule has 7 heteroatoms. The summed E-state index contributed by atoms with van der Waals surface area (Å²) in [6.07, 6.45) is -6.32. The Morgan fingerprint density at radius 2 is 1.41 bits per heavy atom. The minimum absolute atomic E-state index is 0.402. The van der Waals surface area contributed by atoms with Crippen LogP contribution in [-0.2, 0) is 11.2 Å².